The van der Waals surface area contributed by atoms with E-state index >= 15 is 0 Å². The van der Waals surface area contributed by atoms with Crippen molar-refractivity contribution in [3.8, 4) is 0 Å². The Morgan fingerprint density at radius 2 is 1.88 bits per heavy atom. The number of hydrogen-bond donors (Lipinski definition) is 1. The number of carbonyl (C=O) groups is 2. The highest BCUT2D eigenvalue weighted by molar-refractivity contribution is 9.10. The molecule has 2 aliphatic heterocycles. The van der Waals surface area contributed by atoms with Crippen molar-refractivity contribution >= 4 is 60.4 Å². The molecule has 11 heteroatoms. The van der Waals surface area contributed by atoms with Gasteiger partial charge in [-0.25, -0.2) is 13.2 Å². The number of thioether (sulfide) groups is 1. The quantitative estimate of drug-likeness (QED) is 0.616. The van der Waals surface area contributed by atoms with Gasteiger partial charge in [-0.2, -0.15) is 4.99 Å². The molecule has 2 heterocycles. The first-order valence-electron chi connectivity index (χ1n) is 10.3. The van der Waals surface area contributed by atoms with Crippen LogP contribution >= 0.6 is 27.7 Å². The lowest BCUT2D eigenvalue weighted by atomic mass is 10.1. The summed E-state index contributed by atoms with van der Waals surface area (Å²) in [6.07, 6.45) is -0.570. The monoisotopic (exact) mass is 545 g/mol. The summed E-state index contributed by atoms with van der Waals surface area (Å²) in [5, 5.41) is 2.89. The topological polar surface area (TPSA) is 105 Å². The summed E-state index contributed by atoms with van der Waals surface area (Å²) in [6, 6.07) is 3.66. The molecule has 0 aromatic heterocycles. The Bertz CT molecular complexity index is 1040. The molecule has 2 amide bonds. The molecule has 0 saturated carbocycles. The third kappa shape index (κ3) is 6.05. The van der Waals surface area contributed by atoms with Crippen LogP contribution in [0.5, 0.6) is 0 Å². The van der Waals surface area contributed by atoms with Gasteiger partial charge in [0.15, 0.2) is 15.0 Å². The Kier molecular flexibility index (Phi) is 7.31. The SMILES string of the molecule is Cc1cc(Br)cc(C)c1N1C(=NC(=O)CCNC(=O)OC(C)(C)C)S[C@@H]2CS(=O)(=O)C[C@@H]21. The fourth-order valence-corrected chi connectivity index (χ4v) is 8.46. The van der Waals surface area contributed by atoms with Crippen molar-refractivity contribution in [1.82, 2.24) is 5.32 Å². The van der Waals surface area contributed by atoms with Crippen molar-refractivity contribution in [3.05, 3.63) is 27.7 Å². The summed E-state index contributed by atoms with van der Waals surface area (Å²) in [7, 11) is -3.14. The van der Waals surface area contributed by atoms with Crippen molar-refractivity contribution in [2.75, 3.05) is 23.0 Å². The minimum atomic E-state index is -3.14. The van der Waals surface area contributed by atoms with Crippen LogP contribution in [0.3, 0.4) is 0 Å². The number of sulfone groups is 1. The fourth-order valence-electron chi connectivity index (χ4n) is 3.86. The lowest BCUT2D eigenvalue weighted by molar-refractivity contribution is -0.117. The standard InChI is InChI=1S/C21H28BrN3O5S2/c1-12-8-14(22)9-13(2)18(12)25-15-10-32(28,29)11-16(15)31-19(25)24-17(26)6-7-23-20(27)30-21(3,4)5/h8-9,15-16H,6-7,10-11H2,1-5H3,(H,23,27)/t15-,16+/m0/s1. The van der Waals surface area contributed by atoms with Gasteiger partial charge in [0.2, 0.25) is 5.91 Å². The maximum absolute atomic E-state index is 12.6. The molecule has 2 fully saturated rings. The van der Waals surface area contributed by atoms with E-state index in [1.807, 2.05) is 30.9 Å². The van der Waals surface area contributed by atoms with Crippen LogP contribution in [0.2, 0.25) is 0 Å². The van der Waals surface area contributed by atoms with E-state index in [-0.39, 0.29) is 41.7 Å². The van der Waals surface area contributed by atoms with Gasteiger partial charge in [0.25, 0.3) is 0 Å². The molecule has 32 heavy (non-hydrogen) atoms. The molecule has 1 N–H and O–H groups in total. The highest BCUT2D eigenvalue weighted by Crippen LogP contribution is 2.43. The molecule has 2 aliphatic rings. The smallest absolute Gasteiger partial charge is 0.407 e. The van der Waals surface area contributed by atoms with E-state index in [9.17, 15) is 18.0 Å². The first-order valence-corrected chi connectivity index (χ1v) is 13.8. The number of aryl methyl sites for hydroxylation is 2. The maximum atomic E-state index is 12.6. The summed E-state index contributed by atoms with van der Waals surface area (Å²) in [5.41, 5.74) is 2.19. The number of hydrogen-bond acceptors (Lipinski definition) is 6. The molecule has 0 radical (unpaired) electrons. The van der Waals surface area contributed by atoms with Crippen LogP contribution in [0.1, 0.15) is 38.3 Å². The van der Waals surface area contributed by atoms with Gasteiger partial charge < -0.3 is 15.0 Å². The van der Waals surface area contributed by atoms with Crippen LogP contribution in [-0.4, -0.2) is 60.5 Å². The lowest BCUT2D eigenvalue weighted by Crippen LogP contribution is -2.38. The molecule has 0 spiro atoms. The number of anilines is 1. The third-order valence-electron chi connectivity index (χ3n) is 4.99. The number of aliphatic imine (C=N–C) groups is 1. The van der Waals surface area contributed by atoms with E-state index in [0.717, 1.165) is 21.3 Å². The number of ether oxygens (including phenoxy) is 1. The molecule has 1 aromatic carbocycles. The van der Waals surface area contributed by atoms with Crippen LogP contribution in [-0.2, 0) is 19.4 Å². The Labute approximate surface area is 201 Å². The highest BCUT2D eigenvalue weighted by Gasteiger charge is 2.50. The van der Waals surface area contributed by atoms with Crippen LogP contribution in [0.4, 0.5) is 10.5 Å². The average Bonchev–Trinajstić information content (AvgIpc) is 3.04. The number of halogens is 1. The molecule has 1 aromatic rings. The summed E-state index contributed by atoms with van der Waals surface area (Å²) in [4.78, 5) is 30.6. The van der Waals surface area contributed by atoms with Crippen LogP contribution < -0.4 is 10.2 Å². The summed E-state index contributed by atoms with van der Waals surface area (Å²) in [5.74, 6) is -0.280. The zero-order valence-electron chi connectivity index (χ0n) is 18.8. The Hall–Kier alpha value is -1.59. The minimum absolute atomic E-state index is 0.0169. The van der Waals surface area contributed by atoms with Crippen molar-refractivity contribution in [2.24, 2.45) is 4.99 Å². The van der Waals surface area contributed by atoms with Gasteiger partial charge in [0, 0.05) is 28.4 Å². The molecule has 0 aliphatic carbocycles. The minimum Gasteiger partial charge on any atom is -0.444 e. The number of amidine groups is 1. The van der Waals surface area contributed by atoms with E-state index < -0.39 is 21.5 Å². The number of nitrogens with zero attached hydrogens (tertiary/aromatic N) is 2. The van der Waals surface area contributed by atoms with Gasteiger partial charge in [0.1, 0.15) is 5.60 Å². The van der Waals surface area contributed by atoms with E-state index in [1.54, 1.807) is 20.8 Å². The number of fused-ring (bicyclic) bond motifs is 1. The maximum Gasteiger partial charge on any atom is 0.407 e. The van der Waals surface area contributed by atoms with Crippen LogP contribution in [0.25, 0.3) is 0 Å². The molecular weight excluding hydrogens is 518 g/mol. The average molecular weight is 547 g/mol. The molecule has 8 nitrogen and oxygen atoms in total. The van der Waals surface area contributed by atoms with Crippen molar-refractivity contribution in [1.29, 1.82) is 0 Å². The fraction of sp³-hybridized carbons (Fsp3) is 0.571. The second kappa shape index (κ2) is 9.34. The number of nitrogens with one attached hydrogen (secondary N) is 1. The van der Waals surface area contributed by atoms with Crippen molar-refractivity contribution in [3.63, 3.8) is 0 Å². The van der Waals surface area contributed by atoms with Gasteiger partial charge in [-0.05, 0) is 57.9 Å². The first kappa shape index (κ1) is 25.0. The van der Waals surface area contributed by atoms with Gasteiger partial charge in [-0.3, -0.25) is 4.79 Å². The van der Waals surface area contributed by atoms with Crippen LogP contribution in [0.15, 0.2) is 21.6 Å². The number of alkyl carbamates (subject to hydrolysis) is 1. The highest BCUT2D eigenvalue weighted by atomic mass is 79.9. The Morgan fingerprint density at radius 3 is 2.47 bits per heavy atom. The summed E-state index contributed by atoms with van der Waals surface area (Å²) >= 11 is 4.83. The van der Waals surface area contributed by atoms with E-state index in [4.69, 9.17) is 4.74 Å². The number of carbonyl (C=O) groups excluding carboxylic acids is 2. The zero-order chi connectivity index (χ0) is 23.8. The Balaban J connectivity index is 1.80. The summed E-state index contributed by atoms with van der Waals surface area (Å²) in [6.45, 7) is 9.31. The molecule has 2 saturated heterocycles. The number of rotatable bonds is 4. The second-order valence-electron chi connectivity index (χ2n) is 9.03. The predicted octanol–water partition coefficient (Wildman–Crippen LogP) is 3.58. The molecule has 2 atom stereocenters. The largest absolute Gasteiger partial charge is 0.444 e. The third-order valence-corrected chi connectivity index (χ3v) is 8.66. The van der Waals surface area contributed by atoms with E-state index in [1.165, 1.54) is 11.8 Å². The van der Waals surface area contributed by atoms with Gasteiger partial charge >= 0.3 is 6.09 Å². The molecular formula is C21H28BrN3O5S2. The Morgan fingerprint density at radius 1 is 1.25 bits per heavy atom. The van der Waals surface area contributed by atoms with Gasteiger partial charge in [-0.15, -0.1) is 0 Å². The predicted molar refractivity (Wildman–Crippen MR) is 131 cm³/mol. The molecule has 0 bridgehead atoms. The number of amides is 2. The molecule has 0 unspecified atom stereocenters. The van der Waals surface area contributed by atoms with Crippen molar-refractivity contribution < 1.29 is 22.7 Å². The normalized spacial score (nSPS) is 23.3. The second-order valence-corrected chi connectivity index (χ2v) is 13.3. The van der Waals surface area contributed by atoms with Gasteiger partial charge in [0.05, 0.1) is 17.5 Å². The van der Waals surface area contributed by atoms with E-state index in [0.29, 0.717) is 5.17 Å². The first-order chi connectivity index (χ1) is 14.8. The zero-order valence-corrected chi connectivity index (χ0v) is 22.0. The molecule has 3 rings (SSSR count). The number of benzene rings is 1. The van der Waals surface area contributed by atoms with Gasteiger partial charge in [-0.1, -0.05) is 27.7 Å². The van der Waals surface area contributed by atoms with E-state index in [2.05, 4.69) is 26.2 Å². The molecule has 176 valence electrons. The van der Waals surface area contributed by atoms with Crippen LogP contribution in [0, 0.1) is 13.8 Å². The lowest BCUT2D eigenvalue weighted by Gasteiger charge is -2.28. The summed E-state index contributed by atoms with van der Waals surface area (Å²) < 4.78 is 30.6. The van der Waals surface area contributed by atoms with Crippen molar-refractivity contribution in [2.45, 2.75) is 57.9 Å².